The molecular formula is C31H30ClFN4O2S. The molecule has 2 N–H and O–H groups in total. The van der Waals surface area contributed by atoms with Gasteiger partial charge < -0.3 is 10.6 Å². The van der Waals surface area contributed by atoms with Crippen LogP contribution in [0.4, 0.5) is 4.39 Å². The number of benzene rings is 3. The van der Waals surface area contributed by atoms with E-state index in [0.717, 1.165) is 10.3 Å². The van der Waals surface area contributed by atoms with Crippen molar-refractivity contribution in [2.24, 2.45) is 11.7 Å². The van der Waals surface area contributed by atoms with Crippen molar-refractivity contribution in [3.05, 3.63) is 111 Å². The molecule has 0 saturated heterocycles. The van der Waals surface area contributed by atoms with Gasteiger partial charge in [0.25, 0.3) is 11.5 Å². The Labute approximate surface area is 240 Å². The van der Waals surface area contributed by atoms with Gasteiger partial charge in [0.2, 0.25) is 0 Å². The lowest BCUT2D eigenvalue weighted by Crippen LogP contribution is -2.42. The standard InChI is InChI=1S/C31H30ClFN4O2S/c1-19(2)27(36(16-6-15-34)30(38)21-9-11-22(32)12-10-21)29-35-26-24-17-23(33)13-14-25(24)40-28(26)31(39)37(29)18-20-7-4-3-5-8-20/h3-5,7-14,17,19,27H,6,15-16,18,34H2,1-2H3. The van der Waals surface area contributed by atoms with Crippen LogP contribution in [0, 0.1) is 11.7 Å². The Morgan fingerprint density at radius 2 is 1.82 bits per heavy atom. The van der Waals surface area contributed by atoms with Gasteiger partial charge in [-0.05, 0) is 66.9 Å². The summed E-state index contributed by atoms with van der Waals surface area (Å²) in [5, 5.41) is 1.12. The van der Waals surface area contributed by atoms with Crippen LogP contribution in [0.2, 0.25) is 5.02 Å². The number of amides is 1. The molecule has 0 aliphatic carbocycles. The molecule has 3 aromatic carbocycles. The fraction of sp³-hybridized carbons (Fsp3) is 0.258. The van der Waals surface area contributed by atoms with Crippen LogP contribution in [0.15, 0.2) is 77.6 Å². The Hall–Kier alpha value is -3.59. The van der Waals surface area contributed by atoms with Gasteiger partial charge in [-0.1, -0.05) is 55.8 Å². The number of aromatic nitrogens is 2. The zero-order valence-electron chi connectivity index (χ0n) is 22.3. The number of hydrogen-bond acceptors (Lipinski definition) is 5. The second-order valence-corrected chi connectivity index (χ2v) is 11.6. The molecule has 1 atom stereocenters. The molecule has 5 rings (SSSR count). The van der Waals surface area contributed by atoms with Gasteiger partial charge in [0, 0.05) is 27.2 Å². The molecule has 0 radical (unpaired) electrons. The fourth-order valence-electron chi connectivity index (χ4n) is 5.04. The van der Waals surface area contributed by atoms with E-state index in [1.807, 2.05) is 44.2 Å². The van der Waals surface area contributed by atoms with Gasteiger partial charge in [0.05, 0.1) is 18.1 Å². The zero-order valence-corrected chi connectivity index (χ0v) is 23.9. The summed E-state index contributed by atoms with van der Waals surface area (Å²) in [4.78, 5) is 35.0. The first-order valence-corrected chi connectivity index (χ1v) is 14.4. The van der Waals surface area contributed by atoms with Crippen molar-refractivity contribution in [3.8, 4) is 0 Å². The maximum atomic E-state index is 14.3. The number of halogens is 2. The summed E-state index contributed by atoms with van der Waals surface area (Å²) < 4.78 is 17.2. The third-order valence-corrected chi connectivity index (χ3v) is 8.34. The predicted molar refractivity (Wildman–Crippen MR) is 161 cm³/mol. The van der Waals surface area contributed by atoms with Crippen molar-refractivity contribution in [1.29, 1.82) is 0 Å². The average Bonchev–Trinajstić information content (AvgIpc) is 3.31. The van der Waals surface area contributed by atoms with Gasteiger partial charge in [0.1, 0.15) is 16.3 Å². The minimum atomic E-state index is -0.556. The minimum Gasteiger partial charge on any atom is -0.330 e. The SMILES string of the molecule is CC(C)C(c1nc2c(sc3ccc(F)cc32)c(=O)n1Cc1ccccc1)N(CCCN)C(=O)c1ccc(Cl)cc1. The molecule has 5 aromatic rings. The van der Waals surface area contributed by atoms with E-state index < -0.39 is 11.9 Å². The summed E-state index contributed by atoms with van der Waals surface area (Å²) in [5.74, 6) is -0.251. The molecule has 0 aliphatic rings. The average molecular weight is 577 g/mol. The second-order valence-electron chi connectivity index (χ2n) is 10.1. The van der Waals surface area contributed by atoms with Crippen LogP contribution < -0.4 is 11.3 Å². The molecule has 206 valence electrons. The molecule has 1 unspecified atom stereocenters. The molecule has 0 saturated carbocycles. The number of carbonyl (C=O) groups is 1. The monoisotopic (exact) mass is 576 g/mol. The van der Waals surface area contributed by atoms with Gasteiger partial charge in [-0.15, -0.1) is 11.3 Å². The van der Waals surface area contributed by atoms with Crippen LogP contribution in [-0.4, -0.2) is 33.4 Å². The number of nitrogens with two attached hydrogens (primary N) is 1. The molecule has 0 fully saturated rings. The van der Waals surface area contributed by atoms with Crippen LogP contribution in [0.3, 0.4) is 0 Å². The summed E-state index contributed by atoms with van der Waals surface area (Å²) in [6.07, 6.45) is 0.570. The van der Waals surface area contributed by atoms with Crippen molar-refractivity contribution >= 4 is 49.1 Å². The van der Waals surface area contributed by atoms with E-state index in [4.69, 9.17) is 22.3 Å². The van der Waals surface area contributed by atoms with E-state index in [2.05, 4.69) is 0 Å². The first kappa shape index (κ1) is 28.0. The molecular weight excluding hydrogens is 547 g/mol. The summed E-state index contributed by atoms with van der Waals surface area (Å²) in [7, 11) is 0. The molecule has 2 heterocycles. The van der Waals surface area contributed by atoms with Gasteiger partial charge in [-0.25, -0.2) is 9.37 Å². The van der Waals surface area contributed by atoms with Crippen molar-refractivity contribution in [2.45, 2.75) is 32.9 Å². The number of rotatable bonds is 9. The maximum Gasteiger partial charge on any atom is 0.271 e. The maximum absolute atomic E-state index is 14.3. The molecule has 2 aromatic heterocycles. The summed E-state index contributed by atoms with van der Waals surface area (Å²) in [6, 6.07) is 20.4. The van der Waals surface area contributed by atoms with Crippen molar-refractivity contribution < 1.29 is 9.18 Å². The Morgan fingerprint density at radius 1 is 1.10 bits per heavy atom. The fourth-order valence-corrected chi connectivity index (χ4v) is 6.24. The quantitative estimate of drug-likeness (QED) is 0.213. The highest BCUT2D eigenvalue weighted by Crippen LogP contribution is 2.35. The topological polar surface area (TPSA) is 81.2 Å². The number of nitrogens with zero attached hydrogens (tertiary/aromatic N) is 3. The normalized spacial score (nSPS) is 12.3. The number of thiophene rings is 1. The van der Waals surface area contributed by atoms with Gasteiger partial charge >= 0.3 is 0 Å². The van der Waals surface area contributed by atoms with Crippen molar-refractivity contribution in [2.75, 3.05) is 13.1 Å². The highest BCUT2D eigenvalue weighted by atomic mass is 35.5. The van der Waals surface area contributed by atoms with Crippen LogP contribution in [0.25, 0.3) is 20.3 Å². The van der Waals surface area contributed by atoms with E-state index in [9.17, 15) is 14.0 Å². The van der Waals surface area contributed by atoms with Crippen LogP contribution >= 0.6 is 22.9 Å². The van der Waals surface area contributed by atoms with E-state index in [-0.39, 0.29) is 23.9 Å². The zero-order chi connectivity index (χ0) is 28.4. The third kappa shape index (κ3) is 5.52. The summed E-state index contributed by atoms with van der Waals surface area (Å²) in [5.41, 5.74) is 7.53. The van der Waals surface area contributed by atoms with Gasteiger partial charge in [-0.3, -0.25) is 14.2 Å². The van der Waals surface area contributed by atoms with Crippen LogP contribution in [-0.2, 0) is 6.54 Å². The molecule has 0 aliphatic heterocycles. The smallest absolute Gasteiger partial charge is 0.271 e. The number of fused-ring (bicyclic) bond motifs is 3. The lowest BCUT2D eigenvalue weighted by Gasteiger charge is -2.35. The van der Waals surface area contributed by atoms with E-state index in [1.165, 1.54) is 23.5 Å². The molecule has 6 nitrogen and oxygen atoms in total. The van der Waals surface area contributed by atoms with Crippen molar-refractivity contribution in [1.82, 2.24) is 14.5 Å². The predicted octanol–water partition coefficient (Wildman–Crippen LogP) is 6.64. The first-order chi connectivity index (χ1) is 19.3. The summed E-state index contributed by atoms with van der Waals surface area (Å²) >= 11 is 7.40. The highest BCUT2D eigenvalue weighted by Gasteiger charge is 2.33. The minimum absolute atomic E-state index is 0.109. The lowest BCUT2D eigenvalue weighted by molar-refractivity contribution is 0.0603. The van der Waals surface area contributed by atoms with Crippen LogP contribution in [0.1, 0.15) is 48.1 Å². The molecule has 0 spiro atoms. The second kappa shape index (κ2) is 11.9. The molecule has 40 heavy (non-hydrogen) atoms. The Balaban J connectivity index is 1.76. The lowest BCUT2D eigenvalue weighted by atomic mass is 9.99. The van der Waals surface area contributed by atoms with E-state index >= 15 is 0 Å². The van der Waals surface area contributed by atoms with E-state index in [0.29, 0.717) is 51.5 Å². The number of carbonyl (C=O) groups excluding carboxylic acids is 1. The first-order valence-electron chi connectivity index (χ1n) is 13.2. The largest absolute Gasteiger partial charge is 0.330 e. The molecule has 9 heteroatoms. The van der Waals surface area contributed by atoms with Crippen LogP contribution in [0.5, 0.6) is 0 Å². The van der Waals surface area contributed by atoms with Gasteiger partial charge in [-0.2, -0.15) is 0 Å². The Kier molecular flexibility index (Phi) is 8.30. The van der Waals surface area contributed by atoms with Gasteiger partial charge in [0.15, 0.2) is 0 Å². The van der Waals surface area contributed by atoms with Crippen molar-refractivity contribution in [3.63, 3.8) is 0 Å². The molecule has 1 amide bonds. The van der Waals surface area contributed by atoms with E-state index in [1.54, 1.807) is 39.8 Å². The Bertz CT molecular complexity index is 1720. The highest BCUT2D eigenvalue weighted by molar-refractivity contribution is 7.25. The number of hydrogen-bond donors (Lipinski definition) is 1. The third-order valence-electron chi connectivity index (χ3n) is 6.94. The molecule has 0 bridgehead atoms. The Morgan fingerprint density at radius 3 is 2.50 bits per heavy atom. The summed E-state index contributed by atoms with van der Waals surface area (Å²) in [6.45, 7) is 5.06.